The van der Waals surface area contributed by atoms with Gasteiger partial charge in [0, 0.05) is 37.3 Å². The maximum Gasteiger partial charge on any atom is 0.261 e. The average molecular weight is 476 g/mol. The zero-order valence-corrected chi connectivity index (χ0v) is 18.7. The van der Waals surface area contributed by atoms with Crippen LogP contribution in [0.3, 0.4) is 0 Å². The molecule has 3 amide bonds. The van der Waals surface area contributed by atoms with E-state index in [2.05, 4.69) is 21.2 Å². The van der Waals surface area contributed by atoms with Crippen LogP contribution >= 0.6 is 27.3 Å². The molecule has 2 heterocycles. The summed E-state index contributed by atoms with van der Waals surface area (Å²) in [7, 11) is 1.84. The van der Waals surface area contributed by atoms with Crippen molar-refractivity contribution in [1.82, 2.24) is 10.2 Å². The summed E-state index contributed by atoms with van der Waals surface area (Å²) in [5.41, 5.74) is 2.28. The lowest BCUT2D eigenvalue weighted by Gasteiger charge is -2.21. The number of nitrogens with zero attached hydrogens (tertiary/aromatic N) is 2. The van der Waals surface area contributed by atoms with Crippen LogP contribution in [0.25, 0.3) is 0 Å². The van der Waals surface area contributed by atoms with Gasteiger partial charge in [-0.3, -0.25) is 14.4 Å². The third kappa shape index (κ3) is 4.23. The van der Waals surface area contributed by atoms with E-state index < -0.39 is 0 Å². The molecule has 1 atom stereocenters. The minimum absolute atomic E-state index is 0.0246. The molecule has 0 bridgehead atoms. The second-order valence-corrected chi connectivity index (χ2v) is 10.1. The smallest absolute Gasteiger partial charge is 0.261 e. The van der Waals surface area contributed by atoms with Crippen molar-refractivity contribution in [3.05, 3.63) is 50.1 Å². The fourth-order valence-electron chi connectivity index (χ4n) is 3.62. The molecule has 2 aliphatic rings. The molecule has 1 saturated heterocycles. The minimum Gasteiger partial charge on any atom is -0.346 e. The van der Waals surface area contributed by atoms with Gasteiger partial charge in [0.2, 0.25) is 5.91 Å². The number of benzene rings is 1. The van der Waals surface area contributed by atoms with E-state index in [1.807, 2.05) is 32.2 Å². The summed E-state index contributed by atoms with van der Waals surface area (Å²) in [4.78, 5) is 41.7. The zero-order valence-electron chi connectivity index (χ0n) is 16.3. The molecule has 1 aliphatic carbocycles. The Kier molecular flexibility index (Phi) is 5.48. The van der Waals surface area contributed by atoms with Crippen molar-refractivity contribution < 1.29 is 14.4 Å². The van der Waals surface area contributed by atoms with Crippen LogP contribution in [0, 0.1) is 6.92 Å². The van der Waals surface area contributed by atoms with Crippen molar-refractivity contribution in [2.24, 2.45) is 0 Å². The topological polar surface area (TPSA) is 69.7 Å². The van der Waals surface area contributed by atoms with Gasteiger partial charge in [-0.05, 0) is 71.6 Å². The van der Waals surface area contributed by atoms with Gasteiger partial charge in [0.05, 0.1) is 14.7 Å². The van der Waals surface area contributed by atoms with Gasteiger partial charge in [-0.2, -0.15) is 0 Å². The molecule has 0 spiro atoms. The lowest BCUT2D eigenvalue weighted by atomic mass is 10.1. The van der Waals surface area contributed by atoms with Crippen LogP contribution in [0.5, 0.6) is 0 Å². The van der Waals surface area contributed by atoms with Crippen molar-refractivity contribution >= 4 is 50.7 Å². The standard InChI is InChI=1S/C21H22BrN3O3S/c1-12-9-15(5-6-16(12)21(28)24(2)14-3-4-14)25-11-13(10-19(25)26)23-20(27)17-7-8-18(22)29-17/h5-9,13-14H,3-4,10-11H2,1-2H3,(H,23,27). The summed E-state index contributed by atoms with van der Waals surface area (Å²) >= 11 is 4.72. The quantitative estimate of drug-likeness (QED) is 0.717. The van der Waals surface area contributed by atoms with Gasteiger partial charge in [0.25, 0.3) is 11.8 Å². The highest BCUT2D eigenvalue weighted by atomic mass is 79.9. The first kappa shape index (κ1) is 20.1. The maximum atomic E-state index is 12.6. The van der Waals surface area contributed by atoms with E-state index in [-0.39, 0.29) is 30.2 Å². The number of amides is 3. The van der Waals surface area contributed by atoms with Gasteiger partial charge >= 0.3 is 0 Å². The lowest BCUT2D eigenvalue weighted by molar-refractivity contribution is -0.117. The summed E-state index contributed by atoms with van der Waals surface area (Å²) in [6.45, 7) is 2.32. The Hall–Kier alpha value is -2.19. The average Bonchev–Trinajstić information content (AvgIpc) is 3.34. The minimum atomic E-state index is -0.238. The van der Waals surface area contributed by atoms with Crippen LogP contribution in [0.15, 0.2) is 34.1 Å². The first-order valence-corrected chi connectivity index (χ1v) is 11.2. The molecule has 1 aromatic heterocycles. The van der Waals surface area contributed by atoms with Crippen molar-refractivity contribution in [3.8, 4) is 0 Å². The van der Waals surface area contributed by atoms with Crippen molar-refractivity contribution in [3.63, 3.8) is 0 Å². The summed E-state index contributed by atoms with van der Waals surface area (Å²) in [5, 5.41) is 2.94. The molecule has 2 fully saturated rings. The number of rotatable bonds is 5. The van der Waals surface area contributed by atoms with E-state index in [1.54, 1.807) is 21.9 Å². The molecule has 1 aliphatic heterocycles. The van der Waals surface area contributed by atoms with Crippen molar-refractivity contribution in [2.45, 2.75) is 38.3 Å². The molecule has 1 N–H and O–H groups in total. The van der Waals surface area contributed by atoms with E-state index in [0.29, 0.717) is 23.0 Å². The molecule has 1 aromatic carbocycles. The van der Waals surface area contributed by atoms with Crippen molar-refractivity contribution in [1.29, 1.82) is 0 Å². The third-order valence-electron chi connectivity index (χ3n) is 5.42. The number of hydrogen-bond acceptors (Lipinski definition) is 4. The highest BCUT2D eigenvalue weighted by molar-refractivity contribution is 9.11. The van der Waals surface area contributed by atoms with Crippen molar-refractivity contribution in [2.75, 3.05) is 18.5 Å². The monoisotopic (exact) mass is 475 g/mol. The number of anilines is 1. The number of carbonyl (C=O) groups excluding carboxylic acids is 3. The largest absolute Gasteiger partial charge is 0.346 e. The lowest BCUT2D eigenvalue weighted by Crippen LogP contribution is -2.36. The number of thiophene rings is 1. The van der Waals surface area contributed by atoms with Gasteiger partial charge in [-0.1, -0.05) is 0 Å². The molecule has 8 heteroatoms. The Bertz CT molecular complexity index is 985. The Balaban J connectivity index is 1.44. The van der Waals surface area contributed by atoms with E-state index in [9.17, 15) is 14.4 Å². The van der Waals surface area contributed by atoms with E-state index in [4.69, 9.17) is 0 Å². The van der Waals surface area contributed by atoms with Crippen LogP contribution in [-0.2, 0) is 4.79 Å². The fraction of sp³-hybridized carbons (Fsp3) is 0.381. The molecule has 2 aromatic rings. The first-order valence-electron chi connectivity index (χ1n) is 9.58. The zero-order chi connectivity index (χ0) is 20.7. The SMILES string of the molecule is Cc1cc(N2CC(NC(=O)c3ccc(Br)s3)CC2=O)ccc1C(=O)N(C)C1CC1. The summed E-state index contributed by atoms with van der Waals surface area (Å²) in [6, 6.07) is 9.21. The summed E-state index contributed by atoms with van der Waals surface area (Å²) in [5.74, 6) is -0.173. The van der Waals surface area contributed by atoms with Crippen LogP contribution in [0.2, 0.25) is 0 Å². The molecule has 0 radical (unpaired) electrons. The van der Waals surface area contributed by atoms with E-state index in [1.165, 1.54) is 11.3 Å². The third-order valence-corrected chi connectivity index (χ3v) is 7.05. The Morgan fingerprint density at radius 2 is 2.00 bits per heavy atom. The number of nitrogens with one attached hydrogen (secondary N) is 1. The first-order chi connectivity index (χ1) is 13.8. The number of hydrogen-bond donors (Lipinski definition) is 1. The van der Waals surface area contributed by atoms with Crippen LogP contribution in [0.1, 0.15) is 44.9 Å². The Morgan fingerprint density at radius 3 is 2.62 bits per heavy atom. The predicted octanol–water partition coefficient (Wildman–Crippen LogP) is 3.59. The number of halogens is 1. The number of aryl methyl sites for hydroxylation is 1. The fourth-order valence-corrected chi connectivity index (χ4v) is 4.91. The molecular formula is C21H22BrN3O3S. The van der Waals surface area contributed by atoms with E-state index >= 15 is 0 Å². The van der Waals surface area contributed by atoms with Crippen LogP contribution < -0.4 is 10.2 Å². The van der Waals surface area contributed by atoms with Gasteiger partial charge in [0.1, 0.15) is 0 Å². The molecule has 152 valence electrons. The highest BCUT2D eigenvalue weighted by Crippen LogP contribution is 2.29. The van der Waals surface area contributed by atoms with Gasteiger partial charge in [0.15, 0.2) is 0 Å². The molecule has 29 heavy (non-hydrogen) atoms. The van der Waals surface area contributed by atoms with Gasteiger partial charge in [-0.25, -0.2) is 0 Å². The highest BCUT2D eigenvalue weighted by Gasteiger charge is 2.33. The van der Waals surface area contributed by atoms with Gasteiger partial charge in [-0.15, -0.1) is 11.3 Å². The second kappa shape index (κ2) is 7.91. The number of carbonyl (C=O) groups is 3. The van der Waals surface area contributed by atoms with Crippen LogP contribution in [0.4, 0.5) is 5.69 Å². The summed E-state index contributed by atoms with van der Waals surface area (Å²) in [6.07, 6.45) is 2.40. The molecular weight excluding hydrogens is 454 g/mol. The Labute approximate surface area is 182 Å². The molecule has 1 saturated carbocycles. The van der Waals surface area contributed by atoms with Gasteiger partial charge < -0.3 is 15.1 Å². The summed E-state index contributed by atoms with van der Waals surface area (Å²) < 4.78 is 0.893. The van der Waals surface area contributed by atoms with Crippen LogP contribution in [-0.4, -0.2) is 48.3 Å². The normalized spacial score (nSPS) is 18.8. The molecule has 6 nitrogen and oxygen atoms in total. The Morgan fingerprint density at radius 1 is 1.24 bits per heavy atom. The second-order valence-electron chi connectivity index (χ2n) is 7.63. The maximum absolute atomic E-state index is 12.6. The predicted molar refractivity (Wildman–Crippen MR) is 117 cm³/mol. The molecule has 4 rings (SSSR count). The molecule has 1 unspecified atom stereocenters. The van der Waals surface area contributed by atoms with E-state index in [0.717, 1.165) is 27.9 Å².